The van der Waals surface area contributed by atoms with E-state index in [1.165, 1.54) is 39.9 Å². The van der Waals surface area contributed by atoms with Gasteiger partial charge in [-0.1, -0.05) is 23.8 Å². The van der Waals surface area contributed by atoms with Gasteiger partial charge in [0.2, 0.25) is 0 Å². The standard InChI is InChI=1S/C27H29NO3S/c1-4-30-22-8-7-20-17-28-12-11-19-15-26(29-3)27(16-24(19)25(28)14-21(20)13-22)31-32-23-9-5-18(2)6-10-23/h5-10,13,15-16,25H,4,11-12,14,17H2,1-3H3. The minimum absolute atomic E-state index is 0.348. The van der Waals surface area contributed by atoms with Crippen molar-refractivity contribution in [1.29, 1.82) is 0 Å². The first-order valence-electron chi connectivity index (χ1n) is 11.2. The largest absolute Gasteiger partial charge is 0.494 e. The van der Waals surface area contributed by atoms with Crippen molar-refractivity contribution in [2.75, 3.05) is 20.3 Å². The van der Waals surface area contributed by atoms with Crippen LogP contribution in [-0.4, -0.2) is 25.2 Å². The molecule has 0 bridgehead atoms. The molecular weight excluding hydrogens is 418 g/mol. The van der Waals surface area contributed by atoms with Crippen LogP contribution >= 0.6 is 12.0 Å². The summed E-state index contributed by atoms with van der Waals surface area (Å²) in [7, 11) is 1.71. The van der Waals surface area contributed by atoms with Crippen molar-refractivity contribution in [3.8, 4) is 17.2 Å². The van der Waals surface area contributed by atoms with Crippen LogP contribution in [-0.2, 0) is 19.4 Å². The average Bonchev–Trinajstić information content (AvgIpc) is 2.82. The van der Waals surface area contributed by atoms with Crippen molar-refractivity contribution in [1.82, 2.24) is 4.90 Å². The minimum atomic E-state index is 0.348. The van der Waals surface area contributed by atoms with Gasteiger partial charge in [0.1, 0.15) is 5.75 Å². The van der Waals surface area contributed by atoms with Crippen LogP contribution in [0.5, 0.6) is 17.2 Å². The van der Waals surface area contributed by atoms with Crippen molar-refractivity contribution in [2.45, 2.75) is 44.2 Å². The van der Waals surface area contributed by atoms with Crippen LogP contribution in [0, 0.1) is 6.92 Å². The van der Waals surface area contributed by atoms with E-state index in [9.17, 15) is 0 Å². The van der Waals surface area contributed by atoms with Gasteiger partial charge in [0.15, 0.2) is 11.5 Å². The number of aryl methyl sites for hydroxylation is 1. The predicted octanol–water partition coefficient (Wildman–Crippen LogP) is 6.14. The van der Waals surface area contributed by atoms with Crippen LogP contribution in [0.15, 0.2) is 59.5 Å². The van der Waals surface area contributed by atoms with Crippen molar-refractivity contribution in [2.24, 2.45) is 0 Å². The summed E-state index contributed by atoms with van der Waals surface area (Å²) in [5, 5.41) is 0. The monoisotopic (exact) mass is 447 g/mol. The Morgan fingerprint density at radius 2 is 1.81 bits per heavy atom. The molecule has 5 rings (SSSR count). The lowest BCUT2D eigenvalue weighted by Crippen LogP contribution is -2.39. The fraction of sp³-hybridized carbons (Fsp3) is 0.333. The molecule has 0 N–H and O–H groups in total. The Morgan fingerprint density at radius 1 is 0.969 bits per heavy atom. The highest BCUT2D eigenvalue weighted by molar-refractivity contribution is 7.95. The van der Waals surface area contributed by atoms with Crippen LogP contribution in [0.2, 0.25) is 0 Å². The zero-order valence-corrected chi connectivity index (χ0v) is 19.7. The van der Waals surface area contributed by atoms with E-state index in [0.29, 0.717) is 12.6 Å². The van der Waals surface area contributed by atoms with E-state index in [2.05, 4.69) is 66.4 Å². The first-order chi connectivity index (χ1) is 15.6. The number of ether oxygens (including phenoxy) is 2. The van der Waals surface area contributed by atoms with Gasteiger partial charge < -0.3 is 13.7 Å². The van der Waals surface area contributed by atoms with E-state index >= 15 is 0 Å². The van der Waals surface area contributed by atoms with Gasteiger partial charge in [-0.05, 0) is 85.3 Å². The first-order valence-corrected chi connectivity index (χ1v) is 12.0. The van der Waals surface area contributed by atoms with E-state index in [1.807, 2.05) is 6.92 Å². The third kappa shape index (κ3) is 4.19. The van der Waals surface area contributed by atoms with E-state index < -0.39 is 0 Å². The Kier molecular flexibility index (Phi) is 6.03. The van der Waals surface area contributed by atoms with Crippen molar-refractivity contribution in [3.63, 3.8) is 0 Å². The Morgan fingerprint density at radius 3 is 2.59 bits per heavy atom. The van der Waals surface area contributed by atoms with E-state index in [-0.39, 0.29) is 0 Å². The molecule has 1 atom stereocenters. The molecule has 0 aromatic heterocycles. The molecule has 1 unspecified atom stereocenters. The smallest absolute Gasteiger partial charge is 0.180 e. The third-order valence-electron chi connectivity index (χ3n) is 6.42. The molecule has 5 heteroatoms. The number of nitrogens with zero attached hydrogens (tertiary/aromatic N) is 1. The van der Waals surface area contributed by atoms with Crippen LogP contribution in [0.1, 0.15) is 40.8 Å². The summed E-state index contributed by atoms with van der Waals surface area (Å²) < 4.78 is 17.6. The van der Waals surface area contributed by atoms with Crippen molar-refractivity contribution >= 4 is 12.0 Å². The predicted molar refractivity (Wildman–Crippen MR) is 129 cm³/mol. The third-order valence-corrected chi connectivity index (χ3v) is 7.15. The van der Waals surface area contributed by atoms with Gasteiger partial charge in [0, 0.05) is 24.0 Å². The first kappa shape index (κ1) is 21.2. The highest BCUT2D eigenvalue weighted by Gasteiger charge is 2.33. The highest BCUT2D eigenvalue weighted by atomic mass is 32.2. The van der Waals surface area contributed by atoms with Gasteiger partial charge in [0.05, 0.1) is 25.8 Å². The number of benzene rings is 3. The van der Waals surface area contributed by atoms with E-state index in [1.54, 1.807) is 7.11 Å². The second kappa shape index (κ2) is 9.08. The molecule has 0 radical (unpaired) electrons. The molecular formula is C27H29NO3S. The molecule has 2 aliphatic rings. The fourth-order valence-electron chi connectivity index (χ4n) is 4.73. The van der Waals surface area contributed by atoms with Crippen LogP contribution in [0.3, 0.4) is 0 Å². The highest BCUT2D eigenvalue weighted by Crippen LogP contribution is 2.44. The van der Waals surface area contributed by atoms with Crippen molar-refractivity contribution in [3.05, 3.63) is 82.4 Å². The molecule has 0 aliphatic carbocycles. The maximum atomic E-state index is 6.17. The average molecular weight is 448 g/mol. The fourth-order valence-corrected chi connectivity index (χ4v) is 5.29. The lowest BCUT2D eigenvalue weighted by atomic mass is 9.84. The van der Waals surface area contributed by atoms with Gasteiger partial charge in [0.25, 0.3) is 0 Å². The maximum Gasteiger partial charge on any atom is 0.180 e. The number of hydrogen-bond donors (Lipinski definition) is 0. The summed E-state index contributed by atoms with van der Waals surface area (Å²) in [6.07, 6.45) is 2.01. The molecule has 0 spiro atoms. The molecule has 2 heterocycles. The molecule has 32 heavy (non-hydrogen) atoms. The van der Waals surface area contributed by atoms with Gasteiger partial charge in [-0.2, -0.15) is 0 Å². The summed E-state index contributed by atoms with van der Waals surface area (Å²) in [6, 6.07) is 19.6. The number of hydrogen-bond acceptors (Lipinski definition) is 5. The van der Waals surface area contributed by atoms with Gasteiger partial charge in [-0.3, -0.25) is 4.90 Å². The topological polar surface area (TPSA) is 30.9 Å². The Bertz CT molecular complexity index is 1110. The number of fused-ring (bicyclic) bond motifs is 4. The SMILES string of the molecule is CCOc1ccc2c(c1)CC1c3cc(OSc4ccc(C)cc4)c(OC)cc3CCN1C2. The zero-order chi connectivity index (χ0) is 22.1. The van der Waals surface area contributed by atoms with E-state index in [0.717, 1.165) is 48.1 Å². The molecule has 0 saturated heterocycles. The summed E-state index contributed by atoms with van der Waals surface area (Å²) in [5.74, 6) is 2.54. The van der Waals surface area contributed by atoms with Gasteiger partial charge in [-0.25, -0.2) is 0 Å². The Labute approximate surface area is 194 Å². The maximum absolute atomic E-state index is 6.17. The van der Waals surface area contributed by atoms with Crippen LogP contribution in [0.4, 0.5) is 0 Å². The second-order valence-corrected chi connectivity index (χ2v) is 9.29. The molecule has 3 aromatic carbocycles. The van der Waals surface area contributed by atoms with Crippen molar-refractivity contribution < 1.29 is 13.7 Å². The second-order valence-electron chi connectivity index (χ2n) is 8.49. The Balaban J connectivity index is 1.43. The summed E-state index contributed by atoms with van der Waals surface area (Å²) >= 11 is 1.38. The molecule has 4 nitrogen and oxygen atoms in total. The quantitative estimate of drug-likeness (QED) is 0.423. The van der Waals surface area contributed by atoms with Crippen LogP contribution < -0.4 is 13.7 Å². The van der Waals surface area contributed by atoms with Crippen LogP contribution in [0.25, 0.3) is 0 Å². The Hall–Kier alpha value is -2.63. The molecule has 0 amide bonds. The molecule has 3 aromatic rings. The molecule has 166 valence electrons. The lowest BCUT2D eigenvalue weighted by Gasteiger charge is -2.41. The van der Waals surface area contributed by atoms with Gasteiger partial charge in [-0.15, -0.1) is 0 Å². The zero-order valence-electron chi connectivity index (χ0n) is 18.9. The molecule has 0 fully saturated rings. The number of methoxy groups -OCH3 is 1. The van der Waals surface area contributed by atoms with E-state index in [4.69, 9.17) is 13.7 Å². The normalized spacial score (nSPS) is 17.2. The lowest BCUT2D eigenvalue weighted by molar-refractivity contribution is 0.160. The summed E-state index contributed by atoms with van der Waals surface area (Å²) in [4.78, 5) is 3.67. The molecule has 0 saturated carbocycles. The summed E-state index contributed by atoms with van der Waals surface area (Å²) in [6.45, 7) is 6.85. The minimum Gasteiger partial charge on any atom is -0.494 e. The number of rotatable bonds is 6. The summed E-state index contributed by atoms with van der Waals surface area (Å²) in [5.41, 5.74) is 6.75. The van der Waals surface area contributed by atoms with Gasteiger partial charge >= 0.3 is 0 Å². The molecule has 2 aliphatic heterocycles.